The number of anilines is 1. The van der Waals surface area contributed by atoms with E-state index in [1.54, 1.807) is 21.3 Å². The van der Waals surface area contributed by atoms with E-state index in [2.05, 4.69) is 49.6 Å². The zero-order valence-electron chi connectivity index (χ0n) is 18.8. The average molecular weight is 439 g/mol. The minimum absolute atomic E-state index is 0.0502. The maximum Gasteiger partial charge on any atom is 0.173 e. The van der Waals surface area contributed by atoms with Crippen molar-refractivity contribution in [3.63, 3.8) is 0 Å². The van der Waals surface area contributed by atoms with Crippen molar-refractivity contribution in [2.24, 2.45) is 0 Å². The summed E-state index contributed by atoms with van der Waals surface area (Å²) in [6.07, 6.45) is 0. The van der Waals surface area contributed by atoms with Crippen molar-refractivity contribution in [1.82, 2.24) is 25.1 Å². The van der Waals surface area contributed by atoms with Crippen LogP contribution in [0, 0.1) is 0 Å². The van der Waals surface area contributed by atoms with Crippen LogP contribution < -0.4 is 14.4 Å². The van der Waals surface area contributed by atoms with Gasteiger partial charge in [0.2, 0.25) is 0 Å². The predicted molar refractivity (Wildman–Crippen MR) is 121 cm³/mol. The summed E-state index contributed by atoms with van der Waals surface area (Å²) in [7, 11) is 5.05. The second-order valence-electron chi connectivity index (χ2n) is 7.65. The van der Waals surface area contributed by atoms with Gasteiger partial charge in [0, 0.05) is 39.0 Å². The Labute approximate surface area is 188 Å². The molecule has 0 saturated carbocycles. The molecule has 9 heteroatoms. The van der Waals surface area contributed by atoms with Crippen LogP contribution in [0.1, 0.15) is 17.4 Å². The van der Waals surface area contributed by atoms with Crippen molar-refractivity contribution in [3.05, 3.63) is 59.9 Å². The first kappa shape index (κ1) is 22.0. The molecule has 1 fully saturated rings. The quantitative estimate of drug-likeness (QED) is 0.504. The van der Waals surface area contributed by atoms with E-state index in [1.165, 1.54) is 5.69 Å². The smallest absolute Gasteiger partial charge is 0.173 e. The standard InChI is InChI=1S/C23H30N6O3/c1-30-17-16-29-23(24-25-26-29)22(18-4-8-20(31-2)9-5-18)28-14-12-27(13-15-28)19-6-10-21(32-3)11-7-19/h4-11,22H,12-17H2,1-3H3/t22-/m1/s1. The summed E-state index contributed by atoms with van der Waals surface area (Å²) in [5.41, 5.74) is 2.34. The maximum absolute atomic E-state index is 5.35. The van der Waals surface area contributed by atoms with Crippen LogP contribution >= 0.6 is 0 Å². The Morgan fingerprint density at radius 3 is 2.06 bits per heavy atom. The van der Waals surface area contributed by atoms with Gasteiger partial charge >= 0.3 is 0 Å². The van der Waals surface area contributed by atoms with Gasteiger partial charge in [-0.15, -0.1) is 5.10 Å². The highest BCUT2D eigenvalue weighted by molar-refractivity contribution is 5.49. The van der Waals surface area contributed by atoms with E-state index in [0.29, 0.717) is 13.2 Å². The predicted octanol–water partition coefficient (Wildman–Crippen LogP) is 2.25. The van der Waals surface area contributed by atoms with Crippen molar-refractivity contribution >= 4 is 5.69 Å². The first-order valence-corrected chi connectivity index (χ1v) is 10.8. The van der Waals surface area contributed by atoms with Crippen LogP contribution in [0.15, 0.2) is 48.5 Å². The summed E-state index contributed by atoms with van der Waals surface area (Å²) in [6.45, 7) is 4.77. The normalized spacial score (nSPS) is 15.5. The van der Waals surface area contributed by atoms with Crippen molar-refractivity contribution in [3.8, 4) is 11.5 Å². The highest BCUT2D eigenvalue weighted by atomic mass is 16.5. The van der Waals surface area contributed by atoms with Gasteiger partial charge in [-0.2, -0.15) is 0 Å². The van der Waals surface area contributed by atoms with Crippen LogP contribution in [-0.2, 0) is 11.3 Å². The van der Waals surface area contributed by atoms with E-state index in [-0.39, 0.29) is 6.04 Å². The number of tetrazole rings is 1. The molecule has 0 amide bonds. The van der Waals surface area contributed by atoms with Crippen molar-refractivity contribution in [1.29, 1.82) is 0 Å². The Bertz CT molecular complexity index is 968. The Morgan fingerprint density at radius 2 is 1.47 bits per heavy atom. The van der Waals surface area contributed by atoms with E-state index in [4.69, 9.17) is 14.2 Å². The Balaban J connectivity index is 1.55. The lowest BCUT2D eigenvalue weighted by Gasteiger charge is -2.40. The third-order valence-corrected chi connectivity index (χ3v) is 5.86. The van der Waals surface area contributed by atoms with Gasteiger partial charge in [0.1, 0.15) is 11.5 Å². The molecule has 1 saturated heterocycles. The molecule has 0 bridgehead atoms. The van der Waals surface area contributed by atoms with Crippen molar-refractivity contribution in [2.45, 2.75) is 12.6 Å². The minimum atomic E-state index is -0.0502. The van der Waals surface area contributed by atoms with Crippen LogP contribution in [0.25, 0.3) is 0 Å². The molecule has 2 heterocycles. The molecule has 1 aliphatic heterocycles. The summed E-state index contributed by atoms with van der Waals surface area (Å²) < 4.78 is 17.7. The Morgan fingerprint density at radius 1 is 0.844 bits per heavy atom. The molecule has 9 nitrogen and oxygen atoms in total. The van der Waals surface area contributed by atoms with Gasteiger partial charge in [0.05, 0.1) is 33.4 Å². The molecule has 3 aromatic rings. The number of piperazine rings is 1. The van der Waals surface area contributed by atoms with E-state index < -0.39 is 0 Å². The first-order valence-electron chi connectivity index (χ1n) is 10.8. The van der Waals surface area contributed by atoms with Crippen LogP contribution in [0.2, 0.25) is 0 Å². The summed E-state index contributed by atoms with van der Waals surface area (Å²) >= 11 is 0. The molecule has 0 radical (unpaired) electrons. The zero-order chi connectivity index (χ0) is 22.3. The maximum atomic E-state index is 5.35. The van der Waals surface area contributed by atoms with Crippen LogP contribution in [0.5, 0.6) is 11.5 Å². The first-order chi connectivity index (χ1) is 15.7. The number of aromatic nitrogens is 4. The fourth-order valence-corrected chi connectivity index (χ4v) is 4.09. The molecule has 1 aliphatic rings. The largest absolute Gasteiger partial charge is 0.497 e. The van der Waals surface area contributed by atoms with Gasteiger partial charge in [0.15, 0.2) is 5.82 Å². The number of nitrogens with zero attached hydrogens (tertiary/aromatic N) is 6. The second kappa shape index (κ2) is 10.4. The molecule has 0 N–H and O–H groups in total. The van der Waals surface area contributed by atoms with Gasteiger partial charge in [0.25, 0.3) is 0 Å². The van der Waals surface area contributed by atoms with Gasteiger partial charge in [-0.25, -0.2) is 4.68 Å². The van der Waals surface area contributed by atoms with Gasteiger partial charge in [-0.1, -0.05) is 12.1 Å². The van der Waals surface area contributed by atoms with Crippen molar-refractivity contribution < 1.29 is 14.2 Å². The molecule has 0 aliphatic carbocycles. The molecule has 0 unspecified atom stereocenters. The monoisotopic (exact) mass is 438 g/mol. The minimum Gasteiger partial charge on any atom is -0.497 e. The number of rotatable bonds is 9. The molecule has 1 atom stereocenters. The number of methoxy groups -OCH3 is 3. The van der Waals surface area contributed by atoms with Gasteiger partial charge in [-0.05, 0) is 52.4 Å². The summed E-state index contributed by atoms with van der Waals surface area (Å²) in [5.74, 6) is 2.52. The Hall–Kier alpha value is -3.17. The fourth-order valence-electron chi connectivity index (χ4n) is 4.09. The average Bonchev–Trinajstić information content (AvgIpc) is 3.32. The number of ether oxygens (including phenoxy) is 3. The summed E-state index contributed by atoms with van der Waals surface area (Å²) in [6, 6.07) is 16.3. The summed E-state index contributed by atoms with van der Waals surface area (Å²) in [5, 5.41) is 12.6. The van der Waals surface area contributed by atoms with E-state index >= 15 is 0 Å². The topological polar surface area (TPSA) is 77.8 Å². The molecule has 4 rings (SSSR count). The third kappa shape index (κ3) is 4.84. The lowest BCUT2D eigenvalue weighted by Crippen LogP contribution is -2.48. The molecular weight excluding hydrogens is 408 g/mol. The molecule has 1 aromatic heterocycles. The highest BCUT2D eigenvalue weighted by Crippen LogP contribution is 2.30. The summed E-state index contributed by atoms with van der Waals surface area (Å²) in [4.78, 5) is 4.84. The lowest BCUT2D eigenvalue weighted by atomic mass is 10.0. The van der Waals surface area contributed by atoms with Crippen LogP contribution in [-0.4, -0.2) is 79.2 Å². The molecule has 2 aromatic carbocycles. The van der Waals surface area contributed by atoms with Crippen LogP contribution in [0.3, 0.4) is 0 Å². The van der Waals surface area contributed by atoms with E-state index in [1.807, 2.05) is 28.9 Å². The molecular formula is C23H30N6O3. The number of benzene rings is 2. The highest BCUT2D eigenvalue weighted by Gasteiger charge is 2.30. The molecule has 32 heavy (non-hydrogen) atoms. The van der Waals surface area contributed by atoms with Crippen molar-refractivity contribution in [2.75, 3.05) is 59.0 Å². The van der Waals surface area contributed by atoms with Crippen LogP contribution in [0.4, 0.5) is 5.69 Å². The Kier molecular flexibility index (Phi) is 7.18. The zero-order valence-corrected chi connectivity index (χ0v) is 18.8. The second-order valence-corrected chi connectivity index (χ2v) is 7.65. The van der Waals surface area contributed by atoms with Gasteiger partial charge < -0.3 is 19.1 Å². The molecule has 170 valence electrons. The molecule has 0 spiro atoms. The van der Waals surface area contributed by atoms with E-state index in [9.17, 15) is 0 Å². The third-order valence-electron chi connectivity index (χ3n) is 5.86. The fraction of sp³-hybridized carbons (Fsp3) is 0.435. The number of hydrogen-bond acceptors (Lipinski definition) is 8. The van der Waals surface area contributed by atoms with E-state index in [0.717, 1.165) is 49.1 Å². The lowest BCUT2D eigenvalue weighted by molar-refractivity contribution is 0.171. The number of hydrogen-bond donors (Lipinski definition) is 0. The van der Waals surface area contributed by atoms with Gasteiger partial charge in [-0.3, -0.25) is 4.90 Å². The SMILES string of the molecule is COCCn1nnnc1[C@@H](c1ccc(OC)cc1)N1CCN(c2ccc(OC)cc2)CC1.